The lowest BCUT2D eigenvalue weighted by molar-refractivity contribution is 0.111. The van der Waals surface area contributed by atoms with Gasteiger partial charge in [0.1, 0.15) is 0 Å². The minimum atomic E-state index is 0.657. The minimum absolute atomic E-state index is 0.657. The van der Waals surface area contributed by atoms with Crippen LogP contribution in [0.5, 0.6) is 0 Å². The molecule has 2 nitrogen and oxygen atoms in total. The number of aromatic amines is 1. The molecule has 0 saturated carbocycles. The molecule has 0 saturated heterocycles. The largest absolute Gasteiger partial charge is 0.347 e. The van der Waals surface area contributed by atoms with Gasteiger partial charge in [0.2, 0.25) is 0 Å². The van der Waals surface area contributed by atoms with E-state index >= 15 is 0 Å². The molecule has 3 heteroatoms. The Labute approximate surface area is 67.8 Å². The van der Waals surface area contributed by atoms with Gasteiger partial charge >= 0.3 is 0 Å². The highest BCUT2D eigenvalue weighted by atomic mass is 79.9. The van der Waals surface area contributed by atoms with Gasteiger partial charge < -0.3 is 4.98 Å². The van der Waals surface area contributed by atoms with E-state index in [1.165, 1.54) is 0 Å². The second-order valence-electron chi connectivity index (χ2n) is 2.22. The smallest absolute Gasteiger partial charge is 0.166 e. The molecule has 1 heterocycles. The van der Waals surface area contributed by atoms with Crippen molar-refractivity contribution in [2.75, 3.05) is 0 Å². The lowest BCUT2D eigenvalue weighted by Gasteiger charge is -1.86. The third-order valence-corrected chi connectivity index (χ3v) is 2.45. The van der Waals surface area contributed by atoms with Crippen LogP contribution in [-0.4, -0.2) is 11.3 Å². The van der Waals surface area contributed by atoms with Crippen molar-refractivity contribution >= 4 is 22.2 Å². The molecule has 0 aliphatic rings. The van der Waals surface area contributed by atoms with E-state index in [1.54, 1.807) is 0 Å². The zero-order valence-electron chi connectivity index (χ0n) is 5.86. The fourth-order valence-electron chi connectivity index (χ4n) is 0.790. The molecule has 1 aromatic rings. The van der Waals surface area contributed by atoms with Crippen molar-refractivity contribution in [3.05, 3.63) is 21.4 Å². The van der Waals surface area contributed by atoms with E-state index in [1.807, 2.05) is 13.8 Å². The van der Waals surface area contributed by atoms with Gasteiger partial charge in [-0.15, -0.1) is 0 Å². The number of hydrogen-bond acceptors (Lipinski definition) is 1. The topological polar surface area (TPSA) is 32.9 Å². The number of rotatable bonds is 1. The standard InChI is InChI=1S/C7H8BrNO/c1-4-5(2)7(8)9-6(4)3-10/h3,9H,1-2H3. The second kappa shape index (κ2) is 2.58. The van der Waals surface area contributed by atoms with Gasteiger partial charge in [-0.1, -0.05) is 0 Å². The SMILES string of the molecule is Cc1c(Br)[nH]c(C=O)c1C. The maximum absolute atomic E-state index is 10.3. The molecule has 0 radical (unpaired) electrons. The van der Waals surface area contributed by atoms with Crippen molar-refractivity contribution in [3.63, 3.8) is 0 Å². The van der Waals surface area contributed by atoms with Crippen LogP contribution in [0.4, 0.5) is 0 Å². The zero-order valence-corrected chi connectivity index (χ0v) is 7.45. The summed E-state index contributed by atoms with van der Waals surface area (Å²) in [6, 6.07) is 0. The van der Waals surface area contributed by atoms with E-state index in [4.69, 9.17) is 0 Å². The molecule has 0 atom stereocenters. The molecule has 0 aromatic carbocycles. The molecule has 0 aliphatic heterocycles. The van der Waals surface area contributed by atoms with Crippen LogP contribution in [0, 0.1) is 13.8 Å². The van der Waals surface area contributed by atoms with Crippen LogP contribution >= 0.6 is 15.9 Å². The molecule has 0 bridgehead atoms. The van der Waals surface area contributed by atoms with Crippen LogP contribution in [0.25, 0.3) is 0 Å². The summed E-state index contributed by atoms with van der Waals surface area (Å²) < 4.78 is 0.895. The highest BCUT2D eigenvalue weighted by Crippen LogP contribution is 2.20. The van der Waals surface area contributed by atoms with Crippen LogP contribution in [0.3, 0.4) is 0 Å². The van der Waals surface area contributed by atoms with Gasteiger partial charge in [-0.3, -0.25) is 4.79 Å². The Morgan fingerprint density at radius 3 is 2.20 bits per heavy atom. The van der Waals surface area contributed by atoms with Crippen LogP contribution in [0.2, 0.25) is 0 Å². The summed E-state index contributed by atoms with van der Waals surface area (Å²) in [5.41, 5.74) is 2.77. The monoisotopic (exact) mass is 201 g/mol. The molecule has 0 amide bonds. The fourth-order valence-corrected chi connectivity index (χ4v) is 1.30. The Morgan fingerprint density at radius 1 is 1.40 bits per heavy atom. The predicted molar refractivity (Wildman–Crippen MR) is 43.4 cm³/mol. The number of carbonyl (C=O) groups excluding carboxylic acids is 1. The van der Waals surface area contributed by atoms with Gasteiger partial charge in [0.25, 0.3) is 0 Å². The molecule has 0 unspecified atom stereocenters. The van der Waals surface area contributed by atoms with Gasteiger partial charge in [0, 0.05) is 0 Å². The Hall–Kier alpha value is -0.570. The lowest BCUT2D eigenvalue weighted by Crippen LogP contribution is -1.81. The average molecular weight is 202 g/mol. The van der Waals surface area contributed by atoms with Gasteiger partial charge in [-0.2, -0.15) is 0 Å². The number of aromatic nitrogens is 1. The number of carbonyl (C=O) groups is 1. The van der Waals surface area contributed by atoms with Crippen molar-refractivity contribution in [2.24, 2.45) is 0 Å². The Bertz CT molecular complexity index is 265. The zero-order chi connectivity index (χ0) is 7.72. The van der Waals surface area contributed by atoms with Gasteiger partial charge in [-0.25, -0.2) is 0 Å². The molecule has 54 valence electrons. The van der Waals surface area contributed by atoms with Crippen molar-refractivity contribution in [1.29, 1.82) is 0 Å². The molecule has 0 fully saturated rings. The quantitative estimate of drug-likeness (QED) is 0.695. The molecular formula is C7H8BrNO. The second-order valence-corrected chi connectivity index (χ2v) is 3.01. The molecule has 10 heavy (non-hydrogen) atoms. The van der Waals surface area contributed by atoms with Crippen molar-refractivity contribution in [1.82, 2.24) is 4.98 Å². The maximum Gasteiger partial charge on any atom is 0.166 e. The molecule has 1 rings (SSSR count). The third kappa shape index (κ3) is 1.01. The van der Waals surface area contributed by atoms with E-state index < -0.39 is 0 Å². The van der Waals surface area contributed by atoms with Crippen molar-refractivity contribution in [2.45, 2.75) is 13.8 Å². The van der Waals surface area contributed by atoms with E-state index in [0.717, 1.165) is 22.0 Å². The fraction of sp³-hybridized carbons (Fsp3) is 0.286. The van der Waals surface area contributed by atoms with Crippen molar-refractivity contribution < 1.29 is 4.79 Å². The van der Waals surface area contributed by atoms with Gasteiger partial charge in [-0.05, 0) is 40.9 Å². The maximum atomic E-state index is 10.3. The summed E-state index contributed by atoms with van der Waals surface area (Å²) in [6.07, 6.45) is 0.826. The highest BCUT2D eigenvalue weighted by Gasteiger charge is 2.05. The van der Waals surface area contributed by atoms with E-state index in [-0.39, 0.29) is 0 Å². The normalized spacial score (nSPS) is 9.90. The minimum Gasteiger partial charge on any atom is -0.347 e. The van der Waals surface area contributed by atoms with E-state index in [2.05, 4.69) is 20.9 Å². The van der Waals surface area contributed by atoms with E-state index in [0.29, 0.717) is 5.69 Å². The summed E-state index contributed by atoms with van der Waals surface area (Å²) in [5, 5.41) is 0. The molecule has 1 aromatic heterocycles. The number of H-pyrrole nitrogens is 1. The Balaban J connectivity index is 3.30. The molecular weight excluding hydrogens is 194 g/mol. The first-order valence-corrected chi connectivity index (χ1v) is 3.76. The number of nitrogens with one attached hydrogen (secondary N) is 1. The third-order valence-electron chi connectivity index (χ3n) is 1.66. The first-order chi connectivity index (χ1) is 4.66. The first kappa shape index (κ1) is 7.54. The summed E-state index contributed by atoms with van der Waals surface area (Å²) in [6.45, 7) is 3.88. The van der Waals surface area contributed by atoms with E-state index in [9.17, 15) is 4.79 Å². The summed E-state index contributed by atoms with van der Waals surface area (Å²) in [7, 11) is 0. The van der Waals surface area contributed by atoms with Gasteiger partial charge in [0.05, 0.1) is 10.3 Å². The summed E-state index contributed by atoms with van der Waals surface area (Å²) >= 11 is 3.29. The van der Waals surface area contributed by atoms with Crippen LogP contribution in [0.15, 0.2) is 4.60 Å². The van der Waals surface area contributed by atoms with Crippen LogP contribution in [0.1, 0.15) is 21.6 Å². The molecule has 0 aliphatic carbocycles. The average Bonchev–Trinajstić information content (AvgIpc) is 2.17. The first-order valence-electron chi connectivity index (χ1n) is 2.96. The number of halogens is 1. The van der Waals surface area contributed by atoms with Crippen LogP contribution < -0.4 is 0 Å². The molecule has 1 N–H and O–H groups in total. The van der Waals surface area contributed by atoms with Crippen molar-refractivity contribution in [3.8, 4) is 0 Å². The Kier molecular flexibility index (Phi) is 1.94. The lowest BCUT2D eigenvalue weighted by atomic mass is 10.2. The predicted octanol–water partition coefficient (Wildman–Crippen LogP) is 2.21. The van der Waals surface area contributed by atoms with Crippen LogP contribution in [-0.2, 0) is 0 Å². The Morgan fingerprint density at radius 2 is 2.00 bits per heavy atom. The summed E-state index contributed by atoms with van der Waals surface area (Å²) in [4.78, 5) is 13.3. The molecule has 0 spiro atoms. The van der Waals surface area contributed by atoms with Gasteiger partial charge in [0.15, 0.2) is 6.29 Å². The summed E-state index contributed by atoms with van der Waals surface area (Å²) in [5.74, 6) is 0. The number of hydrogen-bond donors (Lipinski definition) is 1. The highest BCUT2D eigenvalue weighted by molar-refractivity contribution is 9.10. The number of aldehydes is 1.